The molecular weight excluding hydrogens is 188 g/mol. The van der Waals surface area contributed by atoms with Gasteiger partial charge in [0.1, 0.15) is 0 Å². The van der Waals surface area contributed by atoms with Gasteiger partial charge in [0.25, 0.3) is 0 Å². The Labute approximate surface area is 91.9 Å². The summed E-state index contributed by atoms with van der Waals surface area (Å²) in [4.78, 5) is 15.8. The number of aliphatic imine (C=N–C) groups is 1. The summed E-state index contributed by atoms with van der Waals surface area (Å²) in [5.41, 5.74) is 0. The maximum Gasteiger partial charge on any atom is 0.239 e. The number of piperidine rings is 1. The molecule has 1 fully saturated rings. The Bertz CT molecular complexity index is 254. The standard InChI is InChI=1S/C12H20N2O/c1-11(2)14-9-4-3-6-12(14)7-5-8-13-10-15/h5,8,11-12H,3-4,6-7,9H2,1-2H3/b8-5-. The van der Waals surface area contributed by atoms with E-state index in [4.69, 9.17) is 0 Å². The smallest absolute Gasteiger partial charge is 0.239 e. The van der Waals surface area contributed by atoms with Gasteiger partial charge in [-0.25, -0.2) is 4.79 Å². The van der Waals surface area contributed by atoms with Crippen LogP contribution in [0.5, 0.6) is 0 Å². The lowest BCUT2D eigenvalue weighted by molar-refractivity contribution is 0.113. The van der Waals surface area contributed by atoms with Gasteiger partial charge in [0, 0.05) is 18.3 Å². The number of rotatable bonds is 4. The molecule has 1 rings (SSSR count). The summed E-state index contributed by atoms with van der Waals surface area (Å²) in [7, 11) is 0. The van der Waals surface area contributed by atoms with Crippen molar-refractivity contribution >= 4 is 6.08 Å². The zero-order valence-corrected chi connectivity index (χ0v) is 9.65. The SMILES string of the molecule is CC(C)N1CCCCC1C/C=C\N=C=O. The van der Waals surface area contributed by atoms with Crippen LogP contribution >= 0.6 is 0 Å². The van der Waals surface area contributed by atoms with Crippen molar-refractivity contribution in [3.8, 4) is 0 Å². The molecule has 1 atom stereocenters. The quantitative estimate of drug-likeness (QED) is 0.525. The molecule has 0 bridgehead atoms. The van der Waals surface area contributed by atoms with Crippen LogP contribution in [-0.2, 0) is 4.79 Å². The van der Waals surface area contributed by atoms with Crippen LogP contribution in [0.15, 0.2) is 17.3 Å². The first kappa shape index (κ1) is 12.2. The molecule has 1 unspecified atom stereocenters. The van der Waals surface area contributed by atoms with E-state index >= 15 is 0 Å². The zero-order chi connectivity index (χ0) is 11.1. The van der Waals surface area contributed by atoms with Crippen LogP contribution in [0.25, 0.3) is 0 Å². The third-order valence-corrected chi connectivity index (χ3v) is 2.98. The second kappa shape index (κ2) is 6.54. The van der Waals surface area contributed by atoms with E-state index in [1.165, 1.54) is 31.9 Å². The molecule has 1 aliphatic heterocycles. The maximum atomic E-state index is 9.88. The number of carbonyl (C=O) groups excluding carboxylic acids is 1. The van der Waals surface area contributed by atoms with Gasteiger partial charge in [-0.05, 0) is 39.7 Å². The Balaban J connectivity index is 2.45. The van der Waals surface area contributed by atoms with Gasteiger partial charge in [0.2, 0.25) is 6.08 Å². The number of nitrogens with zero attached hydrogens (tertiary/aromatic N) is 2. The summed E-state index contributed by atoms with van der Waals surface area (Å²) in [6, 6.07) is 1.23. The van der Waals surface area contributed by atoms with Gasteiger partial charge in [0.05, 0.1) is 0 Å². The van der Waals surface area contributed by atoms with Crippen molar-refractivity contribution in [3.05, 3.63) is 12.3 Å². The lowest BCUT2D eigenvalue weighted by Gasteiger charge is -2.38. The molecule has 0 saturated carbocycles. The van der Waals surface area contributed by atoms with Crippen molar-refractivity contribution in [2.45, 2.75) is 51.6 Å². The zero-order valence-electron chi connectivity index (χ0n) is 9.65. The average molecular weight is 208 g/mol. The maximum absolute atomic E-state index is 9.88. The fourth-order valence-corrected chi connectivity index (χ4v) is 2.26. The first-order valence-electron chi connectivity index (χ1n) is 5.73. The van der Waals surface area contributed by atoms with Crippen LogP contribution < -0.4 is 0 Å². The third-order valence-electron chi connectivity index (χ3n) is 2.98. The van der Waals surface area contributed by atoms with Gasteiger partial charge in [0.15, 0.2) is 0 Å². The highest BCUT2D eigenvalue weighted by Gasteiger charge is 2.22. The fraction of sp³-hybridized carbons (Fsp3) is 0.750. The molecule has 84 valence electrons. The van der Waals surface area contributed by atoms with Gasteiger partial charge >= 0.3 is 0 Å². The van der Waals surface area contributed by atoms with Crippen molar-refractivity contribution in [3.63, 3.8) is 0 Å². The molecule has 0 aliphatic carbocycles. The van der Waals surface area contributed by atoms with Crippen molar-refractivity contribution in [2.75, 3.05) is 6.54 Å². The van der Waals surface area contributed by atoms with Crippen molar-refractivity contribution in [1.82, 2.24) is 4.90 Å². The summed E-state index contributed by atoms with van der Waals surface area (Å²) in [6.07, 6.45) is 9.91. The van der Waals surface area contributed by atoms with E-state index in [1.54, 1.807) is 6.20 Å². The minimum atomic E-state index is 0.610. The normalized spacial score (nSPS) is 23.3. The Kier molecular flexibility index (Phi) is 5.30. The third kappa shape index (κ3) is 3.98. The van der Waals surface area contributed by atoms with Gasteiger partial charge in [-0.2, -0.15) is 4.99 Å². The Morgan fingerprint density at radius 1 is 1.53 bits per heavy atom. The fourth-order valence-electron chi connectivity index (χ4n) is 2.26. The molecule has 0 amide bonds. The summed E-state index contributed by atoms with van der Waals surface area (Å²) < 4.78 is 0. The molecular formula is C12H20N2O. The molecule has 1 aliphatic rings. The summed E-state index contributed by atoms with van der Waals surface area (Å²) in [5, 5.41) is 0. The van der Waals surface area contributed by atoms with E-state index in [0.717, 1.165) is 6.42 Å². The van der Waals surface area contributed by atoms with Crippen LogP contribution in [0.4, 0.5) is 0 Å². The van der Waals surface area contributed by atoms with Gasteiger partial charge in [-0.1, -0.05) is 12.5 Å². The van der Waals surface area contributed by atoms with E-state index in [2.05, 4.69) is 23.7 Å². The Morgan fingerprint density at radius 2 is 2.33 bits per heavy atom. The Hall–Kier alpha value is -0.920. The molecule has 15 heavy (non-hydrogen) atoms. The molecule has 0 radical (unpaired) electrons. The number of likely N-dealkylation sites (tertiary alicyclic amines) is 1. The van der Waals surface area contributed by atoms with Crippen LogP contribution in [-0.4, -0.2) is 29.6 Å². The van der Waals surface area contributed by atoms with E-state index in [9.17, 15) is 4.79 Å². The van der Waals surface area contributed by atoms with Crippen molar-refractivity contribution in [1.29, 1.82) is 0 Å². The van der Waals surface area contributed by atoms with Crippen molar-refractivity contribution < 1.29 is 4.79 Å². The first-order valence-corrected chi connectivity index (χ1v) is 5.73. The molecule has 0 aromatic carbocycles. The lowest BCUT2D eigenvalue weighted by Crippen LogP contribution is -2.43. The van der Waals surface area contributed by atoms with Gasteiger partial charge in [-0.15, -0.1) is 0 Å². The topological polar surface area (TPSA) is 32.7 Å². The minimum Gasteiger partial charge on any atom is -0.298 e. The predicted octanol–water partition coefficient (Wildman–Crippen LogP) is 2.49. The van der Waals surface area contributed by atoms with Gasteiger partial charge in [-0.3, -0.25) is 4.90 Å². The minimum absolute atomic E-state index is 0.610. The van der Waals surface area contributed by atoms with Crippen LogP contribution in [0, 0.1) is 0 Å². The molecule has 1 saturated heterocycles. The average Bonchev–Trinajstić information content (AvgIpc) is 2.25. The van der Waals surface area contributed by atoms with E-state index in [1.807, 2.05) is 6.08 Å². The van der Waals surface area contributed by atoms with E-state index in [-0.39, 0.29) is 0 Å². The lowest BCUT2D eigenvalue weighted by atomic mass is 9.98. The summed E-state index contributed by atoms with van der Waals surface area (Å²) >= 11 is 0. The highest BCUT2D eigenvalue weighted by Crippen LogP contribution is 2.22. The van der Waals surface area contributed by atoms with Crippen LogP contribution in [0.1, 0.15) is 39.5 Å². The van der Waals surface area contributed by atoms with Crippen LogP contribution in [0.3, 0.4) is 0 Å². The first-order chi connectivity index (χ1) is 7.25. The Morgan fingerprint density at radius 3 is 3.00 bits per heavy atom. The van der Waals surface area contributed by atoms with E-state index in [0.29, 0.717) is 12.1 Å². The second-order valence-corrected chi connectivity index (χ2v) is 4.32. The number of isocyanates is 1. The molecule has 0 N–H and O–H groups in total. The largest absolute Gasteiger partial charge is 0.298 e. The molecule has 1 heterocycles. The molecule has 3 heteroatoms. The number of hydrogen-bond donors (Lipinski definition) is 0. The van der Waals surface area contributed by atoms with Crippen molar-refractivity contribution in [2.24, 2.45) is 4.99 Å². The highest BCUT2D eigenvalue weighted by molar-refractivity contribution is 5.34. The van der Waals surface area contributed by atoms with E-state index < -0.39 is 0 Å². The molecule has 0 aromatic rings. The molecule has 3 nitrogen and oxygen atoms in total. The highest BCUT2D eigenvalue weighted by atomic mass is 16.1. The second-order valence-electron chi connectivity index (χ2n) is 4.32. The number of hydrogen-bond acceptors (Lipinski definition) is 3. The van der Waals surface area contributed by atoms with Crippen LogP contribution in [0.2, 0.25) is 0 Å². The summed E-state index contributed by atoms with van der Waals surface area (Å²) in [5.74, 6) is 0. The monoisotopic (exact) mass is 208 g/mol. The molecule has 0 aromatic heterocycles. The summed E-state index contributed by atoms with van der Waals surface area (Å²) in [6.45, 7) is 5.68. The predicted molar refractivity (Wildman–Crippen MR) is 61.4 cm³/mol. The molecule has 0 spiro atoms. The van der Waals surface area contributed by atoms with Gasteiger partial charge < -0.3 is 0 Å².